The fraction of sp³-hybridized carbons (Fsp3) is 0.471. The van der Waals surface area contributed by atoms with Crippen LogP contribution in [0.2, 0.25) is 0 Å². The van der Waals surface area contributed by atoms with Gasteiger partial charge in [0.1, 0.15) is 11.5 Å². The maximum absolute atomic E-state index is 12.4. The highest BCUT2D eigenvalue weighted by molar-refractivity contribution is 5.96. The van der Waals surface area contributed by atoms with E-state index in [2.05, 4.69) is 15.7 Å². The van der Waals surface area contributed by atoms with Gasteiger partial charge in [0.15, 0.2) is 0 Å². The number of aromatic nitrogens is 2. The Labute approximate surface area is 145 Å². The van der Waals surface area contributed by atoms with Crippen LogP contribution in [-0.2, 0) is 17.7 Å². The molecule has 0 saturated heterocycles. The van der Waals surface area contributed by atoms with E-state index in [1.54, 1.807) is 31.0 Å². The molecule has 3 heterocycles. The zero-order chi connectivity index (χ0) is 18.0. The van der Waals surface area contributed by atoms with E-state index in [0.717, 1.165) is 5.69 Å². The molecule has 0 saturated carbocycles. The van der Waals surface area contributed by atoms with Crippen LogP contribution in [0.15, 0.2) is 16.7 Å². The molecule has 0 spiro atoms. The average Bonchev–Trinajstić information content (AvgIpc) is 3.21. The number of amides is 2. The van der Waals surface area contributed by atoms with Crippen LogP contribution in [0, 0.1) is 13.8 Å². The Balaban J connectivity index is 1.63. The quantitative estimate of drug-likeness (QED) is 0.755. The summed E-state index contributed by atoms with van der Waals surface area (Å²) in [6.45, 7) is 5.02. The molecule has 2 aromatic heterocycles. The van der Waals surface area contributed by atoms with Crippen LogP contribution in [0.25, 0.3) is 0 Å². The van der Waals surface area contributed by atoms with Crippen molar-refractivity contribution in [3.8, 4) is 0 Å². The topological polar surface area (TPSA) is 98.4 Å². The molecule has 0 radical (unpaired) electrons. The molecule has 1 aliphatic heterocycles. The summed E-state index contributed by atoms with van der Waals surface area (Å²) in [6.07, 6.45) is 2.13. The van der Waals surface area contributed by atoms with Crippen molar-refractivity contribution < 1.29 is 18.7 Å². The first kappa shape index (κ1) is 17.2. The number of carbonyl (C=O) groups is 2. The van der Waals surface area contributed by atoms with Crippen molar-refractivity contribution >= 4 is 11.8 Å². The zero-order valence-electron chi connectivity index (χ0n) is 14.6. The molecule has 2 N–H and O–H groups in total. The Bertz CT molecular complexity index is 793. The van der Waals surface area contributed by atoms with Gasteiger partial charge in [0, 0.05) is 20.1 Å². The van der Waals surface area contributed by atoms with Gasteiger partial charge < -0.3 is 19.8 Å². The number of rotatable bonds is 6. The minimum atomic E-state index is -0.174. The molecule has 0 bridgehead atoms. The number of ether oxygens (including phenoxy) is 1. The van der Waals surface area contributed by atoms with Crippen LogP contribution in [0.3, 0.4) is 0 Å². The van der Waals surface area contributed by atoms with Gasteiger partial charge in [0.05, 0.1) is 42.2 Å². The van der Waals surface area contributed by atoms with Crippen LogP contribution in [-0.4, -0.2) is 47.9 Å². The fourth-order valence-corrected chi connectivity index (χ4v) is 3.06. The minimum Gasteiger partial charge on any atom is -0.466 e. The van der Waals surface area contributed by atoms with E-state index < -0.39 is 0 Å². The summed E-state index contributed by atoms with van der Waals surface area (Å²) in [5.74, 6) is 0.962. The lowest BCUT2D eigenvalue weighted by Gasteiger charge is -2.11. The van der Waals surface area contributed by atoms with Gasteiger partial charge in [-0.15, -0.1) is 0 Å². The van der Waals surface area contributed by atoms with Crippen molar-refractivity contribution in [2.45, 2.75) is 32.9 Å². The third-order valence-corrected chi connectivity index (χ3v) is 4.24. The van der Waals surface area contributed by atoms with Crippen LogP contribution >= 0.6 is 0 Å². The lowest BCUT2D eigenvalue weighted by atomic mass is 10.1. The molecular weight excluding hydrogens is 324 g/mol. The molecule has 25 heavy (non-hydrogen) atoms. The van der Waals surface area contributed by atoms with Gasteiger partial charge in [-0.05, 0) is 19.9 Å². The van der Waals surface area contributed by atoms with Crippen LogP contribution in [0.5, 0.6) is 0 Å². The number of aryl methyl sites for hydroxylation is 2. The monoisotopic (exact) mass is 346 g/mol. The fourth-order valence-electron chi connectivity index (χ4n) is 3.06. The van der Waals surface area contributed by atoms with Gasteiger partial charge in [-0.3, -0.25) is 14.3 Å². The first-order chi connectivity index (χ1) is 12.0. The van der Waals surface area contributed by atoms with Gasteiger partial charge in [-0.25, -0.2) is 0 Å². The molecule has 8 nitrogen and oxygen atoms in total. The van der Waals surface area contributed by atoms with Crippen molar-refractivity contribution in [2.24, 2.45) is 0 Å². The summed E-state index contributed by atoms with van der Waals surface area (Å²) >= 11 is 0. The van der Waals surface area contributed by atoms with Gasteiger partial charge in [-0.2, -0.15) is 5.10 Å². The summed E-state index contributed by atoms with van der Waals surface area (Å²) in [6, 6.07) is 1.63. The van der Waals surface area contributed by atoms with Gasteiger partial charge in [0.2, 0.25) is 0 Å². The van der Waals surface area contributed by atoms with Crippen LogP contribution in [0.1, 0.15) is 37.9 Å². The molecule has 8 heteroatoms. The minimum absolute atomic E-state index is 0.101. The highest BCUT2D eigenvalue weighted by atomic mass is 16.5. The largest absolute Gasteiger partial charge is 0.466 e. The smallest absolute Gasteiger partial charge is 0.255 e. The Morgan fingerprint density at radius 2 is 2.16 bits per heavy atom. The second-order valence-corrected chi connectivity index (χ2v) is 6.14. The second-order valence-electron chi connectivity index (χ2n) is 6.14. The molecule has 1 aliphatic rings. The molecule has 0 aliphatic carbocycles. The molecule has 1 atom stereocenters. The number of carbonyl (C=O) groups excluding carboxylic acids is 2. The maximum Gasteiger partial charge on any atom is 0.255 e. The molecule has 2 amide bonds. The highest BCUT2D eigenvalue weighted by Gasteiger charge is 2.29. The van der Waals surface area contributed by atoms with Crippen molar-refractivity contribution in [1.29, 1.82) is 0 Å². The van der Waals surface area contributed by atoms with E-state index in [-0.39, 0.29) is 17.9 Å². The first-order valence-corrected chi connectivity index (χ1v) is 8.19. The van der Waals surface area contributed by atoms with E-state index in [0.29, 0.717) is 48.8 Å². The normalized spacial score (nSPS) is 15.9. The van der Waals surface area contributed by atoms with Crippen molar-refractivity contribution in [1.82, 2.24) is 20.4 Å². The zero-order valence-corrected chi connectivity index (χ0v) is 14.6. The molecule has 0 fully saturated rings. The number of nitrogens with zero attached hydrogens (tertiary/aromatic N) is 2. The number of nitrogens with one attached hydrogen (secondary N) is 2. The van der Waals surface area contributed by atoms with E-state index >= 15 is 0 Å². The van der Waals surface area contributed by atoms with Crippen molar-refractivity contribution in [2.75, 3.05) is 20.3 Å². The summed E-state index contributed by atoms with van der Waals surface area (Å²) in [5, 5.41) is 10.0. The Hall–Kier alpha value is -2.61. The Kier molecular flexibility index (Phi) is 4.89. The summed E-state index contributed by atoms with van der Waals surface area (Å²) in [4.78, 5) is 24.6. The Morgan fingerprint density at radius 3 is 2.84 bits per heavy atom. The lowest BCUT2D eigenvalue weighted by Crippen LogP contribution is -2.36. The molecule has 2 aromatic rings. The third-order valence-electron chi connectivity index (χ3n) is 4.24. The summed E-state index contributed by atoms with van der Waals surface area (Å²) in [7, 11) is 1.58. The average molecular weight is 346 g/mol. The number of furan rings is 1. The SMILES string of the molecule is COCCNC(=O)c1cnn2c1C[C@H](NC(=O)c1cc(C)oc1C)C2. The van der Waals surface area contributed by atoms with Crippen LogP contribution in [0.4, 0.5) is 0 Å². The van der Waals surface area contributed by atoms with E-state index in [4.69, 9.17) is 9.15 Å². The lowest BCUT2D eigenvalue weighted by molar-refractivity contribution is 0.0930. The summed E-state index contributed by atoms with van der Waals surface area (Å²) in [5.41, 5.74) is 1.92. The second kappa shape index (κ2) is 7.10. The van der Waals surface area contributed by atoms with E-state index in [1.165, 1.54) is 0 Å². The number of hydrogen-bond acceptors (Lipinski definition) is 5. The predicted octanol–water partition coefficient (Wildman–Crippen LogP) is 0.824. The molecule has 3 rings (SSSR count). The Morgan fingerprint density at radius 1 is 1.36 bits per heavy atom. The summed E-state index contributed by atoms with van der Waals surface area (Å²) < 4.78 is 12.1. The van der Waals surface area contributed by atoms with Gasteiger partial charge in [0.25, 0.3) is 11.8 Å². The van der Waals surface area contributed by atoms with E-state index in [9.17, 15) is 9.59 Å². The molecule has 134 valence electrons. The number of hydrogen-bond donors (Lipinski definition) is 2. The molecular formula is C17H22N4O4. The number of methoxy groups -OCH3 is 1. The third kappa shape index (κ3) is 3.58. The van der Waals surface area contributed by atoms with Crippen LogP contribution < -0.4 is 10.6 Å². The van der Waals surface area contributed by atoms with E-state index in [1.807, 2.05) is 6.92 Å². The standard InChI is InChI=1S/C17H22N4O4/c1-10-6-13(11(2)25-10)17(23)20-12-7-15-14(8-19-21(15)9-12)16(22)18-4-5-24-3/h6,8,12H,4-5,7,9H2,1-3H3,(H,18,22)(H,20,23)/t12-/m0/s1. The van der Waals surface area contributed by atoms with Gasteiger partial charge in [-0.1, -0.05) is 0 Å². The molecule has 0 unspecified atom stereocenters. The predicted molar refractivity (Wildman–Crippen MR) is 89.6 cm³/mol. The van der Waals surface area contributed by atoms with Gasteiger partial charge >= 0.3 is 0 Å². The van der Waals surface area contributed by atoms with Crippen molar-refractivity contribution in [3.05, 3.63) is 40.6 Å². The number of fused-ring (bicyclic) bond motifs is 1. The molecule has 0 aromatic carbocycles. The highest BCUT2D eigenvalue weighted by Crippen LogP contribution is 2.20. The van der Waals surface area contributed by atoms with Crippen molar-refractivity contribution in [3.63, 3.8) is 0 Å². The first-order valence-electron chi connectivity index (χ1n) is 8.19. The maximum atomic E-state index is 12.4.